The van der Waals surface area contributed by atoms with Crippen LogP contribution in [0.1, 0.15) is 38.2 Å². The standard InChI is InChI=1S/C26H35Cl2FN6O/c1-3-4-22-17-34(25-23(28)14-20(15-31-25)32-26(36)30-2)11-12-35(22)21-7-9-33(10-8-21)16-18-5-6-19(27)13-24(18)29/h5-6,13-15,21-22H,3-4,7-12,16-17H2,1-2H3,(H2,30,32,36)/t22-/m0/s1. The van der Waals surface area contributed by atoms with E-state index in [1.54, 1.807) is 31.4 Å². The molecule has 3 heterocycles. The van der Waals surface area contributed by atoms with Crippen molar-refractivity contribution in [2.24, 2.45) is 0 Å². The fourth-order valence-electron chi connectivity index (χ4n) is 5.36. The summed E-state index contributed by atoms with van der Waals surface area (Å²) in [7, 11) is 1.56. The molecule has 2 aromatic rings. The summed E-state index contributed by atoms with van der Waals surface area (Å²) >= 11 is 12.5. The maximum absolute atomic E-state index is 14.2. The van der Waals surface area contributed by atoms with Crippen LogP contribution >= 0.6 is 23.2 Å². The Hall–Kier alpha value is -2.13. The Balaban J connectivity index is 1.35. The van der Waals surface area contributed by atoms with Crippen LogP contribution < -0.4 is 15.5 Å². The maximum atomic E-state index is 14.2. The van der Waals surface area contributed by atoms with Gasteiger partial charge in [0, 0.05) is 55.9 Å². The molecule has 0 aliphatic carbocycles. The van der Waals surface area contributed by atoms with Crippen LogP contribution in [0.4, 0.5) is 20.7 Å². The number of aromatic nitrogens is 1. The van der Waals surface area contributed by atoms with Crippen LogP contribution in [0.25, 0.3) is 0 Å². The summed E-state index contributed by atoms with van der Waals surface area (Å²) < 4.78 is 14.2. The summed E-state index contributed by atoms with van der Waals surface area (Å²) in [6.45, 7) is 7.45. The minimum atomic E-state index is -0.304. The summed E-state index contributed by atoms with van der Waals surface area (Å²) in [6.07, 6.45) is 6.03. The molecular formula is C26H35Cl2FN6O. The molecular weight excluding hydrogens is 502 g/mol. The van der Waals surface area contributed by atoms with Gasteiger partial charge in [0.15, 0.2) is 0 Å². The highest BCUT2D eigenvalue weighted by Gasteiger charge is 2.34. The van der Waals surface area contributed by atoms with Gasteiger partial charge in [-0.3, -0.25) is 9.80 Å². The van der Waals surface area contributed by atoms with E-state index in [0.717, 1.165) is 64.2 Å². The number of carbonyl (C=O) groups excluding carboxylic acids is 1. The number of likely N-dealkylation sites (tertiary alicyclic amines) is 1. The number of hydrogen-bond donors (Lipinski definition) is 2. The summed E-state index contributed by atoms with van der Waals surface area (Å²) in [6, 6.07) is 7.34. The number of halogens is 3. The second-order valence-electron chi connectivity index (χ2n) is 9.60. The zero-order valence-electron chi connectivity index (χ0n) is 20.9. The molecule has 1 aromatic carbocycles. The van der Waals surface area contributed by atoms with E-state index >= 15 is 0 Å². The lowest BCUT2D eigenvalue weighted by Gasteiger charge is -2.48. The topological polar surface area (TPSA) is 63.7 Å². The average Bonchev–Trinajstić information content (AvgIpc) is 2.86. The Bertz CT molecular complexity index is 1050. The molecule has 0 saturated carbocycles. The first-order chi connectivity index (χ1) is 17.4. The predicted octanol–water partition coefficient (Wildman–Crippen LogP) is 5.23. The SMILES string of the molecule is CCC[C@H]1CN(c2ncc(NC(=O)NC)cc2Cl)CCN1C1CCN(Cc2ccc(Cl)cc2F)CC1. The molecule has 2 N–H and O–H groups in total. The van der Waals surface area contributed by atoms with E-state index in [1.807, 2.05) is 0 Å². The van der Waals surface area contributed by atoms with Crippen LogP contribution in [0, 0.1) is 5.82 Å². The number of anilines is 2. The first-order valence-electron chi connectivity index (χ1n) is 12.7. The molecule has 36 heavy (non-hydrogen) atoms. The number of benzene rings is 1. The van der Waals surface area contributed by atoms with Gasteiger partial charge < -0.3 is 15.5 Å². The van der Waals surface area contributed by atoms with Gasteiger partial charge in [0.05, 0.1) is 16.9 Å². The second-order valence-corrected chi connectivity index (χ2v) is 10.4. The van der Waals surface area contributed by atoms with Gasteiger partial charge in [0.25, 0.3) is 0 Å². The first-order valence-corrected chi connectivity index (χ1v) is 13.4. The number of urea groups is 1. The van der Waals surface area contributed by atoms with E-state index in [4.69, 9.17) is 23.2 Å². The maximum Gasteiger partial charge on any atom is 0.319 e. The van der Waals surface area contributed by atoms with Crippen LogP contribution in [0.2, 0.25) is 10.0 Å². The number of nitrogens with zero attached hydrogens (tertiary/aromatic N) is 4. The quantitative estimate of drug-likeness (QED) is 0.506. The lowest BCUT2D eigenvalue weighted by molar-refractivity contribution is 0.0587. The molecule has 0 unspecified atom stereocenters. The Morgan fingerprint density at radius 3 is 2.61 bits per heavy atom. The molecule has 0 bridgehead atoms. The van der Waals surface area contributed by atoms with Crippen molar-refractivity contribution in [3.8, 4) is 0 Å². The van der Waals surface area contributed by atoms with Crippen molar-refractivity contribution in [1.82, 2.24) is 20.1 Å². The van der Waals surface area contributed by atoms with Gasteiger partial charge in [-0.1, -0.05) is 42.6 Å². The van der Waals surface area contributed by atoms with Gasteiger partial charge in [0.2, 0.25) is 0 Å². The molecule has 4 rings (SSSR count). The second kappa shape index (κ2) is 12.4. The van der Waals surface area contributed by atoms with Gasteiger partial charge in [-0.2, -0.15) is 0 Å². The van der Waals surface area contributed by atoms with E-state index in [0.29, 0.717) is 39.9 Å². The van der Waals surface area contributed by atoms with E-state index in [9.17, 15) is 9.18 Å². The molecule has 10 heteroatoms. The highest BCUT2D eigenvalue weighted by molar-refractivity contribution is 6.33. The third kappa shape index (κ3) is 6.59. The lowest BCUT2D eigenvalue weighted by atomic mass is 9.97. The largest absolute Gasteiger partial charge is 0.353 e. The highest BCUT2D eigenvalue weighted by Crippen LogP contribution is 2.31. The van der Waals surface area contributed by atoms with E-state index in [1.165, 1.54) is 6.07 Å². The molecule has 2 amide bonds. The molecule has 0 radical (unpaired) electrons. The van der Waals surface area contributed by atoms with Crippen LogP contribution in [0.15, 0.2) is 30.5 Å². The third-order valence-electron chi connectivity index (χ3n) is 7.19. The Labute approximate surface area is 222 Å². The van der Waals surface area contributed by atoms with Gasteiger partial charge in [-0.25, -0.2) is 14.2 Å². The van der Waals surface area contributed by atoms with Crippen LogP contribution in [-0.4, -0.2) is 72.7 Å². The normalized spacial score (nSPS) is 19.9. The number of nitrogens with one attached hydrogen (secondary N) is 2. The van der Waals surface area contributed by atoms with Gasteiger partial charge in [0.1, 0.15) is 11.6 Å². The monoisotopic (exact) mass is 536 g/mol. The molecule has 1 aromatic heterocycles. The van der Waals surface area contributed by atoms with E-state index in [2.05, 4.69) is 37.2 Å². The number of amides is 2. The molecule has 2 fully saturated rings. The Morgan fingerprint density at radius 2 is 1.94 bits per heavy atom. The number of pyridine rings is 1. The molecule has 7 nitrogen and oxygen atoms in total. The van der Waals surface area contributed by atoms with Crippen molar-refractivity contribution in [3.05, 3.63) is 51.9 Å². The number of piperidine rings is 1. The number of hydrogen-bond acceptors (Lipinski definition) is 5. The Kier molecular flexibility index (Phi) is 9.28. The summed E-state index contributed by atoms with van der Waals surface area (Å²) in [5.74, 6) is 0.535. The molecule has 0 spiro atoms. The van der Waals surface area contributed by atoms with Crippen LogP contribution in [0.3, 0.4) is 0 Å². The fraction of sp³-hybridized carbons (Fsp3) is 0.538. The van der Waals surface area contributed by atoms with Crippen molar-refractivity contribution in [2.45, 2.75) is 51.2 Å². The van der Waals surface area contributed by atoms with Crippen molar-refractivity contribution < 1.29 is 9.18 Å². The average molecular weight is 538 g/mol. The van der Waals surface area contributed by atoms with Gasteiger partial charge in [-0.15, -0.1) is 0 Å². The zero-order valence-corrected chi connectivity index (χ0v) is 22.5. The molecule has 2 aliphatic rings. The molecule has 2 saturated heterocycles. The summed E-state index contributed by atoms with van der Waals surface area (Å²) in [5.41, 5.74) is 1.27. The minimum Gasteiger partial charge on any atom is -0.353 e. The van der Waals surface area contributed by atoms with E-state index in [-0.39, 0.29) is 11.8 Å². The van der Waals surface area contributed by atoms with Crippen molar-refractivity contribution in [1.29, 1.82) is 0 Å². The minimum absolute atomic E-state index is 0.228. The van der Waals surface area contributed by atoms with Gasteiger partial charge >= 0.3 is 6.03 Å². The van der Waals surface area contributed by atoms with Crippen molar-refractivity contribution in [2.75, 3.05) is 50.0 Å². The van der Waals surface area contributed by atoms with Crippen molar-refractivity contribution >= 4 is 40.7 Å². The van der Waals surface area contributed by atoms with Gasteiger partial charge in [-0.05, 0) is 50.6 Å². The summed E-state index contributed by atoms with van der Waals surface area (Å²) in [4.78, 5) is 23.4. The summed E-state index contributed by atoms with van der Waals surface area (Å²) in [5, 5.41) is 6.21. The first kappa shape index (κ1) is 26.9. The van der Waals surface area contributed by atoms with E-state index < -0.39 is 0 Å². The predicted molar refractivity (Wildman–Crippen MR) is 145 cm³/mol. The molecule has 2 aliphatic heterocycles. The van der Waals surface area contributed by atoms with Crippen molar-refractivity contribution in [3.63, 3.8) is 0 Å². The van der Waals surface area contributed by atoms with Crippen LogP contribution in [-0.2, 0) is 6.54 Å². The number of carbonyl (C=O) groups is 1. The zero-order chi connectivity index (χ0) is 25.7. The lowest BCUT2D eigenvalue weighted by Crippen LogP contribution is -2.58. The number of rotatable bonds is 7. The number of piperazine rings is 1. The smallest absolute Gasteiger partial charge is 0.319 e. The molecule has 196 valence electrons. The molecule has 1 atom stereocenters. The highest BCUT2D eigenvalue weighted by atomic mass is 35.5. The Morgan fingerprint density at radius 1 is 1.17 bits per heavy atom. The van der Waals surface area contributed by atoms with Crippen LogP contribution in [0.5, 0.6) is 0 Å². The third-order valence-corrected chi connectivity index (χ3v) is 7.70. The fourth-order valence-corrected chi connectivity index (χ4v) is 5.80.